The lowest BCUT2D eigenvalue weighted by Gasteiger charge is -2.11. The minimum Gasteiger partial charge on any atom is -0.309 e. The number of benzene rings is 1. The number of nitro groups is 1. The Labute approximate surface area is 158 Å². The number of amides is 1. The highest BCUT2D eigenvalue weighted by atomic mass is 35.5. The summed E-state index contributed by atoms with van der Waals surface area (Å²) >= 11 is 6.14. The topological polar surface area (TPSA) is 112 Å². The zero-order chi connectivity index (χ0) is 19.4. The summed E-state index contributed by atoms with van der Waals surface area (Å²) in [4.78, 5) is 34.3. The van der Waals surface area contributed by atoms with Gasteiger partial charge in [-0.2, -0.15) is 5.10 Å². The third kappa shape index (κ3) is 4.39. The van der Waals surface area contributed by atoms with E-state index in [0.717, 1.165) is 28.5 Å². The van der Waals surface area contributed by atoms with Crippen molar-refractivity contribution in [2.45, 2.75) is 13.1 Å². The van der Waals surface area contributed by atoms with Gasteiger partial charge in [0.15, 0.2) is 0 Å². The van der Waals surface area contributed by atoms with E-state index in [0.29, 0.717) is 17.4 Å². The summed E-state index contributed by atoms with van der Waals surface area (Å²) in [6.45, 7) is -0.0170. The zero-order valence-corrected chi connectivity index (χ0v) is 14.7. The molecule has 1 aromatic carbocycles. The number of hydrogen-bond acceptors (Lipinski definition) is 5. The molecule has 9 nitrogen and oxygen atoms in total. The predicted molar refractivity (Wildman–Crippen MR) is 98.8 cm³/mol. The molecule has 1 N–H and O–H groups in total. The molecule has 10 heteroatoms. The predicted octanol–water partition coefficient (Wildman–Crippen LogP) is 2.29. The van der Waals surface area contributed by atoms with Crippen LogP contribution in [0.25, 0.3) is 0 Å². The molecule has 0 aliphatic heterocycles. The number of carbonyl (C=O) groups excluding carboxylic acids is 1. The highest BCUT2D eigenvalue weighted by molar-refractivity contribution is 6.31. The van der Waals surface area contributed by atoms with Crippen LogP contribution in [0.15, 0.2) is 59.7 Å². The molecule has 0 spiro atoms. The van der Waals surface area contributed by atoms with Crippen molar-refractivity contribution in [2.24, 2.45) is 0 Å². The quantitative estimate of drug-likeness (QED) is 0.515. The van der Waals surface area contributed by atoms with Gasteiger partial charge in [0.25, 0.3) is 11.2 Å². The Morgan fingerprint density at radius 1 is 1.22 bits per heavy atom. The molecule has 0 saturated carbocycles. The van der Waals surface area contributed by atoms with E-state index in [1.54, 1.807) is 16.8 Å². The maximum absolute atomic E-state index is 12.3. The average molecular weight is 388 g/mol. The van der Waals surface area contributed by atoms with Gasteiger partial charge in [-0.3, -0.25) is 24.3 Å². The van der Waals surface area contributed by atoms with Crippen LogP contribution in [-0.2, 0) is 17.9 Å². The fourth-order valence-electron chi connectivity index (χ4n) is 2.44. The molecule has 1 amide bonds. The third-order valence-electron chi connectivity index (χ3n) is 3.75. The van der Waals surface area contributed by atoms with Gasteiger partial charge < -0.3 is 5.32 Å². The van der Waals surface area contributed by atoms with Crippen LogP contribution in [-0.4, -0.2) is 25.2 Å². The first-order valence-corrected chi connectivity index (χ1v) is 8.22. The minimum absolute atomic E-state index is 0.272. The Morgan fingerprint density at radius 3 is 2.74 bits per heavy atom. The van der Waals surface area contributed by atoms with E-state index >= 15 is 0 Å². The molecule has 0 aliphatic carbocycles. The van der Waals surface area contributed by atoms with Gasteiger partial charge in [-0.1, -0.05) is 29.8 Å². The number of aromatic nitrogens is 3. The molecule has 138 valence electrons. The molecule has 2 aromatic heterocycles. The standard InChI is InChI=1S/C17H14ClN5O4/c18-14-4-2-1-3-12(14)9-22-15(7-8-19-22)20-16(24)11-21-10-13(23(26)27)5-6-17(21)25/h1-8,10H,9,11H2,(H,20,24). The molecular formula is C17H14ClN5O4. The van der Waals surface area contributed by atoms with E-state index in [2.05, 4.69) is 10.4 Å². The second-order valence-electron chi connectivity index (χ2n) is 5.62. The van der Waals surface area contributed by atoms with E-state index in [1.165, 1.54) is 6.20 Å². The Bertz CT molecular complexity index is 1060. The van der Waals surface area contributed by atoms with Gasteiger partial charge in [-0.25, -0.2) is 4.68 Å². The lowest BCUT2D eigenvalue weighted by atomic mass is 10.2. The lowest BCUT2D eigenvalue weighted by Crippen LogP contribution is -2.27. The summed E-state index contributed by atoms with van der Waals surface area (Å²) in [6, 6.07) is 11.0. The molecule has 0 atom stereocenters. The van der Waals surface area contributed by atoms with Crippen molar-refractivity contribution >= 4 is 29.0 Å². The Hall–Kier alpha value is -3.46. The van der Waals surface area contributed by atoms with Crippen LogP contribution in [0.4, 0.5) is 11.5 Å². The number of hydrogen-bond donors (Lipinski definition) is 1. The van der Waals surface area contributed by atoms with Crippen LogP contribution in [0.2, 0.25) is 5.02 Å². The van der Waals surface area contributed by atoms with Crippen molar-refractivity contribution in [3.8, 4) is 0 Å². The Morgan fingerprint density at radius 2 is 2.00 bits per heavy atom. The smallest absolute Gasteiger partial charge is 0.285 e. The van der Waals surface area contributed by atoms with Gasteiger partial charge >= 0.3 is 0 Å². The summed E-state index contributed by atoms with van der Waals surface area (Å²) in [7, 11) is 0. The summed E-state index contributed by atoms with van der Waals surface area (Å²) in [6.07, 6.45) is 2.55. The third-order valence-corrected chi connectivity index (χ3v) is 4.12. The number of halogens is 1. The molecule has 3 aromatic rings. The molecule has 3 rings (SSSR count). The number of rotatable bonds is 6. The fourth-order valence-corrected chi connectivity index (χ4v) is 2.64. The van der Waals surface area contributed by atoms with Gasteiger partial charge in [0, 0.05) is 23.2 Å². The van der Waals surface area contributed by atoms with E-state index in [9.17, 15) is 19.7 Å². The largest absolute Gasteiger partial charge is 0.309 e. The summed E-state index contributed by atoms with van der Waals surface area (Å²) < 4.78 is 2.53. The highest BCUT2D eigenvalue weighted by Crippen LogP contribution is 2.18. The van der Waals surface area contributed by atoms with E-state index in [4.69, 9.17) is 11.6 Å². The van der Waals surface area contributed by atoms with Crippen molar-refractivity contribution in [1.82, 2.24) is 14.3 Å². The van der Waals surface area contributed by atoms with Crippen LogP contribution in [0.3, 0.4) is 0 Å². The highest BCUT2D eigenvalue weighted by Gasteiger charge is 2.13. The molecule has 0 fully saturated rings. The van der Waals surface area contributed by atoms with Crippen LogP contribution in [0.5, 0.6) is 0 Å². The number of pyridine rings is 1. The number of carbonyl (C=O) groups is 1. The normalized spacial score (nSPS) is 10.6. The molecular weight excluding hydrogens is 374 g/mol. The first-order chi connectivity index (χ1) is 12.9. The fraction of sp³-hybridized carbons (Fsp3) is 0.118. The van der Waals surface area contributed by atoms with Gasteiger partial charge in [-0.15, -0.1) is 0 Å². The maximum atomic E-state index is 12.3. The number of nitrogens with zero attached hydrogens (tertiary/aromatic N) is 4. The van der Waals surface area contributed by atoms with Crippen molar-refractivity contribution < 1.29 is 9.72 Å². The molecule has 27 heavy (non-hydrogen) atoms. The van der Waals surface area contributed by atoms with Gasteiger partial charge in [0.05, 0.1) is 23.9 Å². The summed E-state index contributed by atoms with van der Waals surface area (Å²) in [5, 5.41) is 18.2. The summed E-state index contributed by atoms with van der Waals surface area (Å²) in [5.41, 5.74) is 0.0414. The molecule has 0 aliphatic rings. The second kappa shape index (κ2) is 7.83. The first-order valence-electron chi connectivity index (χ1n) is 7.84. The first kappa shape index (κ1) is 18.3. The SMILES string of the molecule is O=C(Cn1cc([N+](=O)[O-])ccc1=O)Nc1ccnn1Cc1ccccc1Cl. The van der Waals surface area contributed by atoms with E-state index in [-0.39, 0.29) is 12.2 Å². The Kier molecular flexibility index (Phi) is 5.32. The summed E-state index contributed by atoms with van der Waals surface area (Å²) in [5.74, 6) is -0.100. The van der Waals surface area contributed by atoms with Gasteiger partial charge in [-0.05, 0) is 11.6 Å². The van der Waals surface area contributed by atoms with Gasteiger partial charge in [0.2, 0.25) is 5.91 Å². The van der Waals surface area contributed by atoms with E-state index in [1.807, 2.05) is 18.2 Å². The molecule has 0 radical (unpaired) electrons. The van der Waals surface area contributed by atoms with Gasteiger partial charge in [0.1, 0.15) is 12.4 Å². The molecule has 0 unspecified atom stereocenters. The minimum atomic E-state index is -0.632. The zero-order valence-electron chi connectivity index (χ0n) is 13.9. The molecule has 0 saturated heterocycles. The molecule has 2 heterocycles. The second-order valence-corrected chi connectivity index (χ2v) is 6.03. The van der Waals surface area contributed by atoms with Crippen LogP contribution >= 0.6 is 11.6 Å². The van der Waals surface area contributed by atoms with Crippen molar-refractivity contribution in [3.63, 3.8) is 0 Å². The van der Waals surface area contributed by atoms with Crippen LogP contribution < -0.4 is 10.9 Å². The average Bonchev–Trinajstić information content (AvgIpc) is 3.05. The molecule has 0 bridgehead atoms. The van der Waals surface area contributed by atoms with Crippen molar-refractivity contribution in [2.75, 3.05) is 5.32 Å². The maximum Gasteiger partial charge on any atom is 0.285 e. The van der Waals surface area contributed by atoms with Crippen LogP contribution in [0.1, 0.15) is 5.56 Å². The lowest BCUT2D eigenvalue weighted by molar-refractivity contribution is -0.385. The van der Waals surface area contributed by atoms with Crippen molar-refractivity contribution in [3.05, 3.63) is 85.9 Å². The van der Waals surface area contributed by atoms with Crippen LogP contribution in [0, 0.1) is 10.1 Å². The number of anilines is 1. The van der Waals surface area contributed by atoms with E-state index < -0.39 is 16.4 Å². The van der Waals surface area contributed by atoms with Crippen molar-refractivity contribution in [1.29, 1.82) is 0 Å². The Balaban J connectivity index is 1.74. The number of nitrogens with one attached hydrogen (secondary N) is 1. The monoisotopic (exact) mass is 387 g/mol.